The summed E-state index contributed by atoms with van der Waals surface area (Å²) in [6.07, 6.45) is -4.60. The lowest BCUT2D eigenvalue weighted by molar-refractivity contribution is -0.140. The second kappa shape index (κ2) is 7.57. The van der Waals surface area contributed by atoms with Gasteiger partial charge in [-0.1, -0.05) is 12.1 Å². The number of carboxylic acid groups (broad SMARTS) is 1. The molecule has 0 atom stereocenters. The van der Waals surface area contributed by atoms with E-state index in [1.165, 1.54) is 38.4 Å². The van der Waals surface area contributed by atoms with Crippen LogP contribution in [0.5, 0.6) is 5.75 Å². The molecule has 0 saturated carbocycles. The third-order valence-electron chi connectivity index (χ3n) is 3.60. The van der Waals surface area contributed by atoms with E-state index in [0.29, 0.717) is 0 Å². The van der Waals surface area contributed by atoms with Gasteiger partial charge in [0.25, 0.3) is 0 Å². The molecule has 0 amide bonds. The zero-order valence-corrected chi connectivity index (χ0v) is 15.1. The van der Waals surface area contributed by atoms with Crippen molar-refractivity contribution in [3.63, 3.8) is 0 Å². The Morgan fingerprint density at radius 3 is 2.19 bits per heavy atom. The van der Waals surface area contributed by atoms with Crippen molar-refractivity contribution in [1.29, 1.82) is 0 Å². The number of aliphatic carboxylic acids is 1. The molecule has 27 heavy (non-hydrogen) atoms. The maximum Gasteiger partial charge on any atom is 0.416 e. The molecular formula is C17H16F3NO5S. The summed E-state index contributed by atoms with van der Waals surface area (Å²) in [6.45, 7) is -0.731. The van der Waals surface area contributed by atoms with E-state index in [0.717, 1.165) is 22.5 Å². The molecule has 0 fully saturated rings. The minimum atomic E-state index is -4.60. The van der Waals surface area contributed by atoms with E-state index in [-0.39, 0.29) is 21.8 Å². The van der Waals surface area contributed by atoms with Gasteiger partial charge in [0, 0.05) is 19.7 Å². The zero-order valence-electron chi connectivity index (χ0n) is 14.3. The molecule has 0 aliphatic rings. The van der Waals surface area contributed by atoms with Gasteiger partial charge in [-0.15, -0.1) is 0 Å². The molecule has 2 aromatic rings. The van der Waals surface area contributed by atoms with E-state index in [1.54, 1.807) is 0 Å². The Labute approximate surface area is 153 Å². The van der Waals surface area contributed by atoms with Crippen LogP contribution in [0.3, 0.4) is 0 Å². The largest absolute Gasteiger partial charge is 0.481 e. The van der Waals surface area contributed by atoms with Crippen LogP contribution in [0.4, 0.5) is 13.2 Å². The normalized spacial score (nSPS) is 12.2. The summed E-state index contributed by atoms with van der Waals surface area (Å²) in [6, 6.07) is 7.82. The fourth-order valence-corrected chi connectivity index (χ4v) is 3.12. The predicted molar refractivity (Wildman–Crippen MR) is 90.9 cm³/mol. The zero-order chi connectivity index (χ0) is 20.4. The Morgan fingerprint density at radius 1 is 1.11 bits per heavy atom. The van der Waals surface area contributed by atoms with E-state index in [1.807, 2.05) is 0 Å². The standard InChI is InChI=1S/C17H16F3NO5S/c1-21(2)27(24,25)13-6-3-11(4-7-13)14-9-12(17(18,19)20)5-8-15(14)26-10-16(22)23/h3-9H,10H2,1-2H3,(H,22,23). The number of sulfonamides is 1. The summed E-state index contributed by atoms with van der Waals surface area (Å²) in [7, 11) is -0.984. The van der Waals surface area contributed by atoms with Crippen molar-refractivity contribution in [2.45, 2.75) is 11.1 Å². The molecule has 0 bridgehead atoms. The average molecular weight is 403 g/mol. The Balaban J connectivity index is 2.52. The number of rotatable bonds is 6. The summed E-state index contributed by atoms with van der Waals surface area (Å²) in [5.41, 5.74) is -0.691. The van der Waals surface area contributed by atoms with Crippen molar-refractivity contribution in [2.24, 2.45) is 0 Å². The summed E-state index contributed by atoms with van der Waals surface area (Å²) >= 11 is 0. The lowest BCUT2D eigenvalue weighted by Crippen LogP contribution is -2.22. The van der Waals surface area contributed by atoms with Crippen molar-refractivity contribution in [1.82, 2.24) is 4.31 Å². The highest BCUT2D eigenvalue weighted by Gasteiger charge is 2.31. The van der Waals surface area contributed by atoms with Crippen molar-refractivity contribution < 1.29 is 36.2 Å². The van der Waals surface area contributed by atoms with Crippen molar-refractivity contribution in [3.8, 4) is 16.9 Å². The Bertz CT molecular complexity index is 938. The molecule has 6 nitrogen and oxygen atoms in total. The van der Waals surface area contributed by atoms with Crippen LogP contribution in [0.2, 0.25) is 0 Å². The number of hydrogen-bond donors (Lipinski definition) is 1. The number of hydrogen-bond acceptors (Lipinski definition) is 4. The first kappa shape index (κ1) is 20.7. The molecule has 0 aliphatic carbocycles. The van der Waals surface area contributed by atoms with Crippen LogP contribution in [0.15, 0.2) is 47.4 Å². The molecule has 0 heterocycles. The average Bonchev–Trinajstić information content (AvgIpc) is 2.59. The number of alkyl halides is 3. The van der Waals surface area contributed by atoms with E-state index in [9.17, 15) is 26.4 Å². The Morgan fingerprint density at radius 2 is 1.70 bits per heavy atom. The molecule has 0 spiro atoms. The molecule has 0 unspecified atom stereocenters. The molecule has 0 aromatic heterocycles. The van der Waals surface area contributed by atoms with E-state index in [2.05, 4.69) is 0 Å². The third kappa shape index (κ3) is 4.77. The second-order valence-electron chi connectivity index (χ2n) is 5.70. The van der Waals surface area contributed by atoms with Gasteiger partial charge in [-0.3, -0.25) is 0 Å². The predicted octanol–water partition coefficient (Wildman–Crippen LogP) is 3.09. The number of nitrogens with zero attached hydrogens (tertiary/aromatic N) is 1. The van der Waals surface area contributed by atoms with Gasteiger partial charge in [0.05, 0.1) is 10.5 Å². The van der Waals surface area contributed by atoms with Crippen molar-refractivity contribution in [3.05, 3.63) is 48.0 Å². The summed E-state index contributed by atoms with van der Waals surface area (Å²) in [5, 5.41) is 8.72. The van der Waals surface area contributed by atoms with Crippen LogP contribution >= 0.6 is 0 Å². The van der Waals surface area contributed by atoms with Gasteiger partial charge < -0.3 is 9.84 Å². The molecule has 2 rings (SSSR count). The van der Waals surface area contributed by atoms with E-state index >= 15 is 0 Å². The molecule has 10 heteroatoms. The van der Waals surface area contributed by atoms with Gasteiger partial charge in [-0.05, 0) is 35.9 Å². The topological polar surface area (TPSA) is 83.9 Å². The van der Waals surface area contributed by atoms with E-state index in [4.69, 9.17) is 9.84 Å². The Kier molecular flexibility index (Phi) is 5.81. The number of benzene rings is 2. The number of carboxylic acids is 1. The molecule has 0 radical (unpaired) electrons. The van der Waals surface area contributed by atoms with Gasteiger partial charge in [0.2, 0.25) is 10.0 Å². The minimum Gasteiger partial charge on any atom is -0.481 e. The highest BCUT2D eigenvalue weighted by Crippen LogP contribution is 2.37. The summed E-state index contributed by atoms with van der Waals surface area (Å²) in [4.78, 5) is 10.7. The van der Waals surface area contributed by atoms with Crippen LogP contribution in [0.25, 0.3) is 11.1 Å². The summed E-state index contributed by atoms with van der Waals surface area (Å²) in [5.74, 6) is -1.35. The summed E-state index contributed by atoms with van der Waals surface area (Å²) < 4.78 is 69.3. The van der Waals surface area contributed by atoms with Crippen LogP contribution in [0, 0.1) is 0 Å². The highest BCUT2D eigenvalue weighted by atomic mass is 32.2. The molecule has 0 saturated heterocycles. The lowest BCUT2D eigenvalue weighted by Gasteiger charge is -2.15. The number of halogens is 3. The molecule has 146 valence electrons. The monoisotopic (exact) mass is 403 g/mol. The van der Waals surface area contributed by atoms with E-state index < -0.39 is 34.3 Å². The fourth-order valence-electron chi connectivity index (χ4n) is 2.21. The van der Waals surface area contributed by atoms with Crippen molar-refractivity contribution >= 4 is 16.0 Å². The van der Waals surface area contributed by atoms with Crippen molar-refractivity contribution in [2.75, 3.05) is 20.7 Å². The third-order valence-corrected chi connectivity index (χ3v) is 5.43. The van der Waals surface area contributed by atoms with Gasteiger partial charge in [0.1, 0.15) is 5.75 Å². The smallest absolute Gasteiger partial charge is 0.416 e. The van der Waals surface area contributed by atoms with Crippen LogP contribution in [-0.2, 0) is 21.0 Å². The fraction of sp³-hybridized carbons (Fsp3) is 0.235. The first-order valence-electron chi connectivity index (χ1n) is 7.51. The molecule has 2 aromatic carbocycles. The molecule has 0 aliphatic heterocycles. The maximum atomic E-state index is 13.0. The van der Waals surface area contributed by atoms with Gasteiger partial charge in [-0.2, -0.15) is 13.2 Å². The van der Waals surface area contributed by atoms with Crippen LogP contribution in [-0.4, -0.2) is 44.5 Å². The number of ether oxygens (including phenoxy) is 1. The quantitative estimate of drug-likeness (QED) is 0.801. The molecule has 1 N–H and O–H groups in total. The number of carbonyl (C=O) groups is 1. The van der Waals surface area contributed by atoms with Crippen LogP contribution < -0.4 is 4.74 Å². The first-order valence-corrected chi connectivity index (χ1v) is 8.95. The second-order valence-corrected chi connectivity index (χ2v) is 7.85. The molecular weight excluding hydrogens is 387 g/mol. The Hall–Kier alpha value is -2.59. The SMILES string of the molecule is CN(C)S(=O)(=O)c1ccc(-c2cc(C(F)(F)F)ccc2OCC(=O)O)cc1. The first-order chi connectivity index (χ1) is 12.4. The van der Waals surface area contributed by atoms with Gasteiger partial charge in [-0.25, -0.2) is 17.5 Å². The highest BCUT2D eigenvalue weighted by molar-refractivity contribution is 7.89. The van der Waals surface area contributed by atoms with Crippen LogP contribution in [0.1, 0.15) is 5.56 Å². The van der Waals surface area contributed by atoms with Gasteiger partial charge >= 0.3 is 12.1 Å². The maximum absolute atomic E-state index is 13.0. The lowest BCUT2D eigenvalue weighted by atomic mass is 10.0. The minimum absolute atomic E-state index is 0.000115. The van der Waals surface area contributed by atoms with Gasteiger partial charge in [0.15, 0.2) is 6.61 Å².